The van der Waals surface area contributed by atoms with E-state index in [2.05, 4.69) is 0 Å². The Labute approximate surface area is 106 Å². The second-order valence-corrected chi connectivity index (χ2v) is 4.73. The molecule has 1 fully saturated rings. The molecule has 1 aliphatic carbocycles. The Morgan fingerprint density at radius 1 is 1.11 bits per heavy atom. The molecule has 0 radical (unpaired) electrons. The van der Waals surface area contributed by atoms with Crippen LogP contribution >= 0.6 is 0 Å². The van der Waals surface area contributed by atoms with Gasteiger partial charge in [0.15, 0.2) is 11.5 Å². The fraction of sp³-hybridized carbons (Fsp3) is 0.500. The van der Waals surface area contributed by atoms with E-state index in [0.29, 0.717) is 17.1 Å². The van der Waals surface area contributed by atoms with Crippen LogP contribution in [0.4, 0.5) is 0 Å². The van der Waals surface area contributed by atoms with E-state index in [9.17, 15) is 4.79 Å². The SMILES string of the molecule is O=C(OC1CCCCC1)c1ccc2c(c1)OCO2. The highest BCUT2D eigenvalue weighted by atomic mass is 16.7. The van der Waals surface area contributed by atoms with Gasteiger partial charge in [-0.3, -0.25) is 0 Å². The van der Waals surface area contributed by atoms with Gasteiger partial charge in [-0.15, -0.1) is 0 Å². The smallest absolute Gasteiger partial charge is 0.338 e. The molecular weight excluding hydrogens is 232 g/mol. The first-order valence-electron chi connectivity index (χ1n) is 6.43. The molecule has 0 bridgehead atoms. The maximum absolute atomic E-state index is 12.0. The van der Waals surface area contributed by atoms with Gasteiger partial charge in [-0.05, 0) is 43.9 Å². The van der Waals surface area contributed by atoms with Gasteiger partial charge in [-0.2, -0.15) is 0 Å². The Morgan fingerprint density at radius 3 is 2.72 bits per heavy atom. The average Bonchev–Trinajstić information content (AvgIpc) is 2.87. The number of hydrogen-bond donors (Lipinski definition) is 0. The van der Waals surface area contributed by atoms with Gasteiger partial charge in [0.25, 0.3) is 0 Å². The minimum atomic E-state index is -0.264. The number of rotatable bonds is 2. The zero-order chi connectivity index (χ0) is 12.4. The van der Waals surface area contributed by atoms with Crippen molar-refractivity contribution in [1.29, 1.82) is 0 Å². The lowest BCUT2D eigenvalue weighted by atomic mass is 9.98. The Morgan fingerprint density at radius 2 is 1.89 bits per heavy atom. The van der Waals surface area contributed by atoms with Gasteiger partial charge in [0.2, 0.25) is 6.79 Å². The number of carbonyl (C=O) groups excluding carboxylic acids is 1. The van der Waals surface area contributed by atoms with Crippen LogP contribution in [0.5, 0.6) is 11.5 Å². The largest absolute Gasteiger partial charge is 0.459 e. The summed E-state index contributed by atoms with van der Waals surface area (Å²) in [6, 6.07) is 5.16. The van der Waals surface area contributed by atoms with Gasteiger partial charge >= 0.3 is 5.97 Å². The first kappa shape index (κ1) is 11.4. The van der Waals surface area contributed by atoms with Crippen molar-refractivity contribution in [3.05, 3.63) is 23.8 Å². The fourth-order valence-electron chi connectivity index (χ4n) is 2.43. The first-order chi connectivity index (χ1) is 8.83. The van der Waals surface area contributed by atoms with E-state index in [1.807, 2.05) is 0 Å². The summed E-state index contributed by atoms with van der Waals surface area (Å²) in [6.07, 6.45) is 5.60. The molecule has 1 aromatic rings. The van der Waals surface area contributed by atoms with E-state index >= 15 is 0 Å². The lowest BCUT2D eigenvalue weighted by Crippen LogP contribution is -2.20. The van der Waals surface area contributed by atoms with Crippen molar-refractivity contribution in [3.63, 3.8) is 0 Å². The van der Waals surface area contributed by atoms with Gasteiger partial charge < -0.3 is 14.2 Å². The van der Waals surface area contributed by atoms with Crippen LogP contribution in [-0.2, 0) is 4.74 Å². The topological polar surface area (TPSA) is 44.8 Å². The Bertz CT molecular complexity index is 449. The highest BCUT2D eigenvalue weighted by molar-refractivity contribution is 5.90. The fourth-order valence-corrected chi connectivity index (χ4v) is 2.43. The second kappa shape index (κ2) is 4.88. The molecule has 0 N–H and O–H groups in total. The van der Waals surface area contributed by atoms with E-state index in [1.165, 1.54) is 6.42 Å². The molecule has 0 aromatic heterocycles. The summed E-state index contributed by atoms with van der Waals surface area (Å²) in [5, 5.41) is 0. The third-order valence-electron chi connectivity index (χ3n) is 3.43. The number of hydrogen-bond acceptors (Lipinski definition) is 4. The molecule has 3 rings (SSSR count). The summed E-state index contributed by atoms with van der Waals surface area (Å²) >= 11 is 0. The summed E-state index contributed by atoms with van der Waals surface area (Å²) in [6.45, 7) is 0.219. The number of carbonyl (C=O) groups is 1. The normalized spacial score (nSPS) is 18.7. The van der Waals surface area contributed by atoms with Crippen molar-refractivity contribution < 1.29 is 19.0 Å². The summed E-state index contributed by atoms with van der Waals surface area (Å²) < 4.78 is 16.0. The standard InChI is InChI=1S/C14H16O4/c15-14(18-11-4-2-1-3-5-11)10-6-7-12-13(8-10)17-9-16-12/h6-8,11H,1-5,9H2. The predicted octanol–water partition coefficient (Wildman–Crippen LogP) is 2.90. The van der Waals surface area contributed by atoms with Crippen molar-refractivity contribution in [2.24, 2.45) is 0 Å². The van der Waals surface area contributed by atoms with E-state index in [4.69, 9.17) is 14.2 Å². The molecule has 4 heteroatoms. The van der Waals surface area contributed by atoms with Crippen LogP contribution < -0.4 is 9.47 Å². The molecular formula is C14H16O4. The zero-order valence-electron chi connectivity index (χ0n) is 10.2. The maximum atomic E-state index is 12.0. The molecule has 1 aliphatic heterocycles. The number of ether oxygens (including phenoxy) is 3. The maximum Gasteiger partial charge on any atom is 0.338 e. The highest BCUT2D eigenvalue weighted by Crippen LogP contribution is 2.33. The Balaban J connectivity index is 1.68. The molecule has 96 valence electrons. The molecule has 0 spiro atoms. The van der Waals surface area contributed by atoms with Crippen molar-refractivity contribution in [3.8, 4) is 11.5 Å². The number of benzene rings is 1. The Kier molecular flexibility index (Phi) is 3.09. The molecule has 0 unspecified atom stereocenters. The number of fused-ring (bicyclic) bond motifs is 1. The van der Waals surface area contributed by atoms with Crippen molar-refractivity contribution in [2.45, 2.75) is 38.2 Å². The van der Waals surface area contributed by atoms with Gasteiger partial charge in [0.1, 0.15) is 6.10 Å². The Hall–Kier alpha value is -1.71. The van der Waals surface area contributed by atoms with E-state index in [1.54, 1.807) is 18.2 Å². The predicted molar refractivity (Wildman–Crippen MR) is 64.9 cm³/mol. The monoisotopic (exact) mass is 248 g/mol. The van der Waals surface area contributed by atoms with E-state index in [0.717, 1.165) is 25.7 Å². The molecule has 0 atom stereocenters. The molecule has 4 nitrogen and oxygen atoms in total. The molecule has 2 aliphatic rings. The van der Waals surface area contributed by atoms with Crippen molar-refractivity contribution in [1.82, 2.24) is 0 Å². The molecule has 1 heterocycles. The van der Waals surface area contributed by atoms with Gasteiger partial charge in [0.05, 0.1) is 5.56 Å². The quantitative estimate of drug-likeness (QED) is 0.755. The van der Waals surface area contributed by atoms with Crippen LogP contribution in [0.1, 0.15) is 42.5 Å². The van der Waals surface area contributed by atoms with Crippen LogP contribution in [0.25, 0.3) is 0 Å². The van der Waals surface area contributed by atoms with Crippen LogP contribution in [-0.4, -0.2) is 18.9 Å². The molecule has 1 saturated carbocycles. The third kappa shape index (κ3) is 2.28. The second-order valence-electron chi connectivity index (χ2n) is 4.73. The lowest BCUT2D eigenvalue weighted by molar-refractivity contribution is 0.0211. The highest BCUT2D eigenvalue weighted by Gasteiger charge is 2.21. The van der Waals surface area contributed by atoms with Crippen molar-refractivity contribution >= 4 is 5.97 Å². The van der Waals surface area contributed by atoms with Crippen LogP contribution in [0.3, 0.4) is 0 Å². The van der Waals surface area contributed by atoms with Gasteiger partial charge in [-0.1, -0.05) is 6.42 Å². The first-order valence-corrected chi connectivity index (χ1v) is 6.43. The number of esters is 1. The lowest BCUT2D eigenvalue weighted by Gasteiger charge is -2.21. The third-order valence-corrected chi connectivity index (χ3v) is 3.43. The summed E-state index contributed by atoms with van der Waals surface area (Å²) in [5.74, 6) is 1.04. The molecule has 1 aromatic carbocycles. The molecule has 18 heavy (non-hydrogen) atoms. The minimum absolute atomic E-state index is 0.0803. The van der Waals surface area contributed by atoms with E-state index in [-0.39, 0.29) is 18.9 Å². The zero-order valence-corrected chi connectivity index (χ0v) is 10.2. The average molecular weight is 248 g/mol. The summed E-state index contributed by atoms with van der Waals surface area (Å²) in [5.41, 5.74) is 0.532. The molecule has 0 saturated heterocycles. The van der Waals surface area contributed by atoms with Crippen molar-refractivity contribution in [2.75, 3.05) is 6.79 Å². The summed E-state index contributed by atoms with van der Waals surface area (Å²) in [7, 11) is 0. The summed E-state index contributed by atoms with van der Waals surface area (Å²) in [4.78, 5) is 12.0. The van der Waals surface area contributed by atoms with Gasteiger partial charge in [0, 0.05) is 0 Å². The van der Waals surface area contributed by atoms with Crippen LogP contribution in [0.2, 0.25) is 0 Å². The molecule has 0 amide bonds. The van der Waals surface area contributed by atoms with Crippen LogP contribution in [0, 0.1) is 0 Å². The van der Waals surface area contributed by atoms with Crippen LogP contribution in [0.15, 0.2) is 18.2 Å². The van der Waals surface area contributed by atoms with E-state index < -0.39 is 0 Å². The van der Waals surface area contributed by atoms with Gasteiger partial charge in [-0.25, -0.2) is 4.79 Å². The minimum Gasteiger partial charge on any atom is -0.459 e.